The highest BCUT2D eigenvalue weighted by atomic mass is 16.5. The maximum atomic E-state index is 12.4. The average molecular weight is 322 g/mol. The Morgan fingerprint density at radius 2 is 1.87 bits per heavy atom. The maximum absolute atomic E-state index is 12.4. The second kappa shape index (κ2) is 8.74. The summed E-state index contributed by atoms with van der Waals surface area (Å²) in [6.07, 6.45) is 1.92. The summed E-state index contributed by atoms with van der Waals surface area (Å²) in [5.74, 6) is 1.12. The minimum atomic E-state index is -0.0682. The van der Waals surface area contributed by atoms with Gasteiger partial charge in [0, 0.05) is 38.3 Å². The molecule has 1 aliphatic rings. The van der Waals surface area contributed by atoms with Crippen molar-refractivity contribution in [2.45, 2.75) is 18.9 Å². The van der Waals surface area contributed by atoms with E-state index in [1.165, 1.54) is 0 Å². The number of hydrogen-bond acceptors (Lipinski definition) is 5. The first kappa shape index (κ1) is 17.6. The molecular weight excluding hydrogens is 296 g/mol. The molecule has 0 atom stereocenters. The fourth-order valence-corrected chi connectivity index (χ4v) is 2.77. The molecule has 6 heteroatoms. The zero-order chi connectivity index (χ0) is 16.7. The molecule has 23 heavy (non-hydrogen) atoms. The van der Waals surface area contributed by atoms with Gasteiger partial charge in [0.2, 0.25) is 0 Å². The summed E-state index contributed by atoms with van der Waals surface area (Å²) in [6.45, 7) is 3.68. The van der Waals surface area contributed by atoms with Gasteiger partial charge in [-0.05, 0) is 31.0 Å². The Hall–Kier alpha value is -1.79. The predicted molar refractivity (Wildman–Crippen MR) is 88.4 cm³/mol. The lowest BCUT2D eigenvalue weighted by molar-refractivity contribution is 0.0892. The Morgan fingerprint density at radius 1 is 1.17 bits per heavy atom. The zero-order valence-electron chi connectivity index (χ0n) is 14.1. The third kappa shape index (κ3) is 4.84. The lowest BCUT2D eigenvalue weighted by Crippen LogP contribution is -2.45. The molecular formula is C17H26N2O4. The van der Waals surface area contributed by atoms with Crippen LogP contribution >= 0.6 is 0 Å². The van der Waals surface area contributed by atoms with Crippen LogP contribution in [0, 0.1) is 0 Å². The van der Waals surface area contributed by atoms with Crippen LogP contribution in [0.1, 0.15) is 23.2 Å². The van der Waals surface area contributed by atoms with Crippen molar-refractivity contribution in [2.75, 3.05) is 47.6 Å². The topological polar surface area (TPSA) is 60.0 Å². The number of nitrogens with zero attached hydrogens (tertiary/aromatic N) is 1. The molecule has 0 aliphatic carbocycles. The molecule has 1 aromatic carbocycles. The Kier molecular flexibility index (Phi) is 6.67. The van der Waals surface area contributed by atoms with Gasteiger partial charge in [-0.1, -0.05) is 0 Å². The van der Waals surface area contributed by atoms with Crippen LogP contribution in [0.15, 0.2) is 18.2 Å². The van der Waals surface area contributed by atoms with Crippen LogP contribution in [0.25, 0.3) is 0 Å². The second-order valence-corrected chi connectivity index (χ2v) is 5.65. The third-order valence-electron chi connectivity index (χ3n) is 4.18. The van der Waals surface area contributed by atoms with E-state index in [1.807, 2.05) is 0 Å². The van der Waals surface area contributed by atoms with Gasteiger partial charge in [-0.3, -0.25) is 4.79 Å². The Balaban J connectivity index is 1.88. The molecule has 0 aromatic heterocycles. The van der Waals surface area contributed by atoms with Crippen molar-refractivity contribution in [1.82, 2.24) is 10.2 Å². The highest BCUT2D eigenvalue weighted by molar-refractivity contribution is 5.95. The van der Waals surface area contributed by atoms with Gasteiger partial charge in [0.15, 0.2) is 11.5 Å². The highest BCUT2D eigenvalue weighted by Gasteiger charge is 2.21. The van der Waals surface area contributed by atoms with E-state index in [0.717, 1.165) is 39.1 Å². The van der Waals surface area contributed by atoms with Gasteiger partial charge < -0.3 is 24.4 Å². The highest BCUT2D eigenvalue weighted by Crippen LogP contribution is 2.27. The lowest BCUT2D eigenvalue weighted by Gasteiger charge is -2.32. The van der Waals surface area contributed by atoms with Crippen LogP contribution in [0.5, 0.6) is 11.5 Å². The first-order chi connectivity index (χ1) is 11.2. The molecule has 1 aromatic rings. The van der Waals surface area contributed by atoms with Gasteiger partial charge in [-0.2, -0.15) is 0 Å². The quantitative estimate of drug-likeness (QED) is 0.825. The van der Waals surface area contributed by atoms with Crippen molar-refractivity contribution in [3.05, 3.63) is 23.8 Å². The molecule has 6 nitrogen and oxygen atoms in total. The number of benzene rings is 1. The van der Waals surface area contributed by atoms with Crippen molar-refractivity contribution in [1.29, 1.82) is 0 Å². The number of likely N-dealkylation sites (tertiary alicyclic amines) is 1. The van der Waals surface area contributed by atoms with E-state index in [1.54, 1.807) is 39.5 Å². The van der Waals surface area contributed by atoms with Crippen LogP contribution in [0.3, 0.4) is 0 Å². The summed E-state index contributed by atoms with van der Waals surface area (Å²) in [5.41, 5.74) is 0.587. The van der Waals surface area contributed by atoms with Gasteiger partial charge in [0.05, 0.1) is 20.8 Å². The van der Waals surface area contributed by atoms with E-state index >= 15 is 0 Å². The van der Waals surface area contributed by atoms with Crippen LogP contribution < -0.4 is 14.8 Å². The van der Waals surface area contributed by atoms with Crippen LogP contribution in [0.2, 0.25) is 0 Å². The summed E-state index contributed by atoms with van der Waals surface area (Å²) < 4.78 is 15.5. The molecule has 0 unspecified atom stereocenters. The summed E-state index contributed by atoms with van der Waals surface area (Å²) in [5, 5.41) is 3.11. The molecule has 0 bridgehead atoms. The van der Waals surface area contributed by atoms with Crippen molar-refractivity contribution in [2.24, 2.45) is 0 Å². The van der Waals surface area contributed by atoms with Crippen molar-refractivity contribution < 1.29 is 19.0 Å². The standard InChI is InChI=1S/C17H26N2O4/c1-21-11-10-19-8-6-14(7-9-19)18-17(20)13-4-5-15(22-2)16(12-13)23-3/h4-5,12,14H,6-11H2,1-3H3,(H,18,20). The predicted octanol–water partition coefficient (Wildman–Crippen LogP) is 1.54. The molecule has 1 fully saturated rings. The number of nitrogens with one attached hydrogen (secondary N) is 1. The Morgan fingerprint density at radius 3 is 2.48 bits per heavy atom. The minimum absolute atomic E-state index is 0.0682. The molecule has 128 valence electrons. The third-order valence-corrected chi connectivity index (χ3v) is 4.18. The van der Waals surface area contributed by atoms with Gasteiger partial charge in [0.25, 0.3) is 5.91 Å². The normalized spacial score (nSPS) is 16.1. The SMILES string of the molecule is COCCN1CCC(NC(=O)c2ccc(OC)c(OC)c2)CC1. The largest absolute Gasteiger partial charge is 0.493 e. The molecule has 0 spiro atoms. The molecule has 1 heterocycles. The van der Waals surface area contributed by atoms with Gasteiger partial charge >= 0.3 is 0 Å². The molecule has 2 rings (SSSR count). The zero-order valence-corrected chi connectivity index (χ0v) is 14.1. The lowest BCUT2D eigenvalue weighted by atomic mass is 10.0. The van der Waals surface area contributed by atoms with E-state index in [2.05, 4.69) is 10.2 Å². The van der Waals surface area contributed by atoms with Gasteiger partial charge in [-0.15, -0.1) is 0 Å². The minimum Gasteiger partial charge on any atom is -0.493 e. The van der Waals surface area contributed by atoms with Gasteiger partial charge in [-0.25, -0.2) is 0 Å². The maximum Gasteiger partial charge on any atom is 0.251 e. The first-order valence-electron chi connectivity index (χ1n) is 7.92. The van der Waals surface area contributed by atoms with Crippen molar-refractivity contribution in [3.63, 3.8) is 0 Å². The van der Waals surface area contributed by atoms with E-state index in [9.17, 15) is 4.79 Å². The summed E-state index contributed by atoms with van der Waals surface area (Å²) >= 11 is 0. The molecule has 1 amide bonds. The number of hydrogen-bond donors (Lipinski definition) is 1. The molecule has 1 aliphatic heterocycles. The fourth-order valence-electron chi connectivity index (χ4n) is 2.77. The number of piperidine rings is 1. The van der Waals surface area contributed by atoms with Crippen LogP contribution in [-0.4, -0.2) is 64.4 Å². The number of amides is 1. The molecule has 1 saturated heterocycles. The van der Waals surface area contributed by atoms with E-state index in [-0.39, 0.29) is 11.9 Å². The average Bonchev–Trinajstić information content (AvgIpc) is 2.60. The van der Waals surface area contributed by atoms with Crippen LogP contribution in [-0.2, 0) is 4.74 Å². The summed E-state index contributed by atoms with van der Waals surface area (Å²) in [7, 11) is 4.86. The fraction of sp³-hybridized carbons (Fsp3) is 0.588. The molecule has 1 N–H and O–H groups in total. The number of carbonyl (C=O) groups excluding carboxylic acids is 1. The van der Waals surface area contributed by atoms with Crippen molar-refractivity contribution in [3.8, 4) is 11.5 Å². The molecule has 0 radical (unpaired) electrons. The smallest absolute Gasteiger partial charge is 0.251 e. The Bertz CT molecular complexity index is 513. The number of carbonyl (C=O) groups is 1. The number of methoxy groups -OCH3 is 3. The number of rotatable bonds is 7. The molecule has 0 saturated carbocycles. The summed E-state index contributed by atoms with van der Waals surface area (Å²) in [4.78, 5) is 14.8. The number of ether oxygens (including phenoxy) is 3. The summed E-state index contributed by atoms with van der Waals surface area (Å²) in [6, 6.07) is 5.43. The van der Waals surface area contributed by atoms with Crippen molar-refractivity contribution >= 4 is 5.91 Å². The van der Waals surface area contributed by atoms with E-state index < -0.39 is 0 Å². The van der Waals surface area contributed by atoms with E-state index in [0.29, 0.717) is 17.1 Å². The van der Waals surface area contributed by atoms with Gasteiger partial charge in [0.1, 0.15) is 0 Å². The second-order valence-electron chi connectivity index (χ2n) is 5.65. The van der Waals surface area contributed by atoms with Crippen LogP contribution in [0.4, 0.5) is 0 Å². The monoisotopic (exact) mass is 322 g/mol. The Labute approximate surface area is 137 Å². The first-order valence-corrected chi connectivity index (χ1v) is 7.92. The van der Waals surface area contributed by atoms with E-state index in [4.69, 9.17) is 14.2 Å².